The van der Waals surface area contributed by atoms with Crippen LogP contribution in [-0.2, 0) is 5.92 Å². The highest BCUT2D eigenvalue weighted by atomic mass is 19.3. The highest BCUT2D eigenvalue weighted by Crippen LogP contribution is 2.53. The summed E-state index contributed by atoms with van der Waals surface area (Å²) in [5, 5.41) is 1.00. The van der Waals surface area contributed by atoms with Crippen LogP contribution in [0.4, 0.5) is 20.2 Å². The van der Waals surface area contributed by atoms with Crippen molar-refractivity contribution in [3.63, 3.8) is 0 Å². The Kier molecular flexibility index (Phi) is 3.14. The molecule has 0 aliphatic carbocycles. The molecule has 0 N–H and O–H groups in total. The number of hydrogen-bond acceptors (Lipinski definition) is 2. The number of aromatic nitrogens is 1. The average molecular weight is 324 g/mol. The van der Waals surface area contributed by atoms with Crippen LogP contribution in [0, 0.1) is 5.41 Å². The van der Waals surface area contributed by atoms with Crippen LogP contribution in [0.1, 0.15) is 19.4 Å². The quantitative estimate of drug-likeness (QED) is 0.587. The number of nitrogens with zero attached hydrogens (tertiary/aromatic N) is 2. The highest BCUT2D eigenvalue weighted by Gasteiger charge is 2.53. The van der Waals surface area contributed by atoms with Gasteiger partial charge in [0.2, 0.25) is 0 Å². The summed E-state index contributed by atoms with van der Waals surface area (Å²) in [6, 6.07) is 16.6. The first kappa shape index (κ1) is 15.1. The maximum atomic E-state index is 14.9. The second-order valence-electron chi connectivity index (χ2n) is 6.95. The predicted octanol–water partition coefficient (Wildman–Crippen LogP) is 5.50. The second kappa shape index (κ2) is 5.00. The van der Waals surface area contributed by atoms with E-state index < -0.39 is 11.3 Å². The summed E-state index contributed by atoms with van der Waals surface area (Å²) in [7, 11) is 0. The van der Waals surface area contributed by atoms with Gasteiger partial charge in [-0.15, -0.1) is 0 Å². The number of anilines is 2. The molecule has 3 aromatic rings. The minimum absolute atomic E-state index is 0.0782. The maximum absolute atomic E-state index is 14.9. The first-order valence-electron chi connectivity index (χ1n) is 8.00. The molecule has 4 rings (SSSR count). The summed E-state index contributed by atoms with van der Waals surface area (Å²) in [6.07, 6.45) is 1.76. The van der Waals surface area contributed by atoms with Crippen LogP contribution in [0.25, 0.3) is 10.9 Å². The summed E-state index contributed by atoms with van der Waals surface area (Å²) in [4.78, 5) is 6.43. The molecule has 1 aliphatic rings. The molecule has 24 heavy (non-hydrogen) atoms. The van der Waals surface area contributed by atoms with E-state index in [1.807, 2.05) is 35.2 Å². The van der Waals surface area contributed by atoms with Gasteiger partial charge in [-0.05, 0) is 18.2 Å². The third-order valence-electron chi connectivity index (χ3n) is 4.82. The second-order valence-corrected chi connectivity index (χ2v) is 6.95. The van der Waals surface area contributed by atoms with Crippen LogP contribution in [-0.4, -0.2) is 11.5 Å². The summed E-state index contributed by atoms with van der Waals surface area (Å²) in [5.41, 5.74) is 1.20. The molecule has 0 amide bonds. The molecule has 0 unspecified atom stereocenters. The molecule has 1 aliphatic heterocycles. The molecule has 0 bridgehead atoms. The van der Waals surface area contributed by atoms with Crippen LogP contribution in [0.3, 0.4) is 0 Å². The molecule has 0 saturated carbocycles. The van der Waals surface area contributed by atoms with Crippen LogP contribution >= 0.6 is 0 Å². The van der Waals surface area contributed by atoms with E-state index in [1.165, 1.54) is 6.07 Å². The number of hydrogen-bond donors (Lipinski definition) is 0. The van der Waals surface area contributed by atoms with E-state index in [9.17, 15) is 8.78 Å². The van der Waals surface area contributed by atoms with Gasteiger partial charge >= 0.3 is 0 Å². The van der Waals surface area contributed by atoms with Gasteiger partial charge in [-0.25, -0.2) is 8.78 Å². The van der Waals surface area contributed by atoms with Crippen LogP contribution in [0.15, 0.2) is 60.8 Å². The highest BCUT2D eigenvalue weighted by molar-refractivity contribution is 5.83. The summed E-state index contributed by atoms with van der Waals surface area (Å²) in [5.74, 6) is -2.87. The fourth-order valence-corrected chi connectivity index (χ4v) is 3.36. The minimum atomic E-state index is -2.87. The summed E-state index contributed by atoms with van der Waals surface area (Å²) < 4.78 is 29.7. The standard InChI is InChI=1S/C20H18F2N2/c1-19(2)13-24(18-10-6-4-8-16(18)20(19,21)22)15-11-14-7-3-5-9-17(14)23-12-15/h3-12H,13H2,1-2H3. The molecule has 1 aromatic heterocycles. The van der Waals surface area contributed by atoms with Crippen molar-refractivity contribution < 1.29 is 8.78 Å². The zero-order chi connectivity index (χ0) is 16.9. The number of pyridine rings is 1. The molecule has 0 spiro atoms. The largest absolute Gasteiger partial charge is 0.339 e. The summed E-state index contributed by atoms with van der Waals surface area (Å²) in [6.45, 7) is 3.46. The van der Waals surface area contributed by atoms with Gasteiger partial charge in [0.05, 0.1) is 28.5 Å². The molecule has 2 aromatic carbocycles. The van der Waals surface area contributed by atoms with Crippen LogP contribution in [0.5, 0.6) is 0 Å². The molecule has 0 atom stereocenters. The Morgan fingerprint density at radius 3 is 2.54 bits per heavy atom. The molecular formula is C20H18F2N2. The van der Waals surface area contributed by atoms with E-state index in [0.717, 1.165) is 16.6 Å². The van der Waals surface area contributed by atoms with Crippen molar-refractivity contribution in [1.82, 2.24) is 4.98 Å². The number of benzene rings is 2. The fraction of sp³-hybridized carbons (Fsp3) is 0.250. The number of fused-ring (bicyclic) bond motifs is 2. The smallest absolute Gasteiger partial charge is 0.281 e. The zero-order valence-corrected chi connectivity index (χ0v) is 13.6. The molecule has 2 heterocycles. The fourth-order valence-electron chi connectivity index (χ4n) is 3.36. The Labute approximate surface area is 139 Å². The third-order valence-corrected chi connectivity index (χ3v) is 4.82. The Hall–Kier alpha value is -2.49. The first-order valence-corrected chi connectivity index (χ1v) is 8.00. The summed E-state index contributed by atoms with van der Waals surface area (Å²) >= 11 is 0. The van der Waals surface area contributed by atoms with Crippen molar-refractivity contribution in [2.75, 3.05) is 11.4 Å². The topological polar surface area (TPSA) is 16.1 Å². The van der Waals surface area contributed by atoms with Gasteiger partial charge in [0.25, 0.3) is 5.92 Å². The number of para-hydroxylation sites is 2. The van der Waals surface area contributed by atoms with Crippen molar-refractivity contribution in [3.05, 3.63) is 66.4 Å². The molecule has 0 radical (unpaired) electrons. The van der Waals surface area contributed by atoms with E-state index in [4.69, 9.17) is 0 Å². The zero-order valence-electron chi connectivity index (χ0n) is 13.6. The van der Waals surface area contributed by atoms with E-state index in [0.29, 0.717) is 5.69 Å². The van der Waals surface area contributed by atoms with Gasteiger partial charge in [-0.1, -0.05) is 50.2 Å². The van der Waals surface area contributed by atoms with Crippen molar-refractivity contribution in [2.24, 2.45) is 5.41 Å². The Morgan fingerprint density at radius 2 is 1.71 bits per heavy atom. The van der Waals surface area contributed by atoms with Crippen molar-refractivity contribution in [2.45, 2.75) is 19.8 Å². The first-order chi connectivity index (χ1) is 11.4. The maximum Gasteiger partial charge on any atom is 0.281 e. The van der Waals surface area contributed by atoms with Crippen molar-refractivity contribution in [1.29, 1.82) is 0 Å². The molecule has 122 valence electrons. The lowest BCUT2D eigenvalue weighted by atomic mass is 9.77. The van der Waals surface area contributed by atoms with Crippen molar-refractivity contribution in [3.8, 4) is 0 Å². The van der Waals surface area contributed by atoms with Gasteiger partial charge in [-0.3, -0.25) is 4.98 Å². The van der Waals surface area contributed by atoms with Gasteiger partial charge < -0.3 is 4.90 Å². The number of rotatable bonds is 1. The van der Waals surface area contributed by atoms with Crippen LogP contribution < -0.4 is 4.90 Å². The lowest BCUT2D eigenvalue weighted by Gasteiger charge is -2.45. The Bertz CT molecular complexity index is 918. The average Bonchev–Trinajstić information content (AvgIpc) is 2.58. The lowest BCUT2D eigenvalue weighted by molar-refractivity contribution is -0.113. The molecule has 0 fully saturated rings. The molecular weight excluding hydrogens is 306 g/mol. The molecule has 2 nitrogen and oxygen atoms in total. The number of halogens is 2. The number of alkyl halides is 2. The normalized spacial score (nSPS) is 18.4. The van der Waals surface area contributed by atoms with Gasteiger partial charge in [-0.2, -0.15) is 0 Å². The van der Waals surface area contributed by atoms with Gasteiger partial charge in [0.1, 0.15) is 0 Å². The molecule has 4 heteroatoms. The van der Waals surface area contributed by atoms with E-state index in [-0.39, 0.29) is 12.1 Å². The SMILES string of the molecule is CC1(C)CN(c2cnc3ccccc3c2)c2ccccc2C1(F)F. The Morgan fingerprint density at radius 1 is 1.00 bits per heavy atom. The monoisotopic (exact) mass is 324 g/mol. The Balaban J connectivity index is 1.91. The van der Waals surface area contributed by atoms with E-state index >= 15 is 0 Å². The van der Waals surface area contributed by atoms with Gasteiger partial charge in [0, 0.05) is 17.5 Å². The third kappa shape index (κ3) is 2.09. The van der Waals surface area contributed by atoms with Crippen LogP contribution in [0.2, 0.25) is 0 Å². The minimum Gasteiger partial charge on any atom is -0.339 e. The van der Waals surface area contributed by atoms with E-state index in [2.05, 4.69) is 4.98 Å². The lowest BCUT2D eigenvalue weighted by Crippen LogP contribution is -2.47. The molecule has 0 saturated heterocycles. The van der Waals surface area contributed by atoms with Gasteiger partial charge in [0.15, 0.2) is 0 Å². The predicted molar refractivity (Wildman–Crippen MR) is 92.9 cm³/mol. The van der Waals surface area contributed by atoms with E-state index in [1.54, 1.807) is 38.2 Å². The van der Waals surface area contributed by atoms with Crippen molar-refractivity contribution >= 4 is 22.3 Å².